The van der Waals surface area contributed by atoms with Crippen molar-refractivity contribution in [2.24, 2.45) is 0 Å². The van der Waals surface area contributed by atoms with Crippen molar-refractivity contribution in [3.05, 3.63) is 59.7 Å². The van der Waals surface area contributed by atoms with Gasteiger partial charge >= 0.3 is 5.97 Å². The lowest BCUT2D eigenvalue weighted by atomic mass is 10.1. The number of sulfone groups is 1. The number of hydrogen-bond acceptors (Lipinski definition) is 6. The molecule has 1 amide bonds. The van der Waals surface area contributed by atoms with Gasteiger partial charge in [0.25, 0.3) is 0 Å². The molecule has 8 heteroatoms. The molecule has 1 saturated heterocycles. The molecule has 0 bridgehead atoms. The molecule has 1 heterocycles. The summed E-state index contributed by atoms with van der Waals surface area (Å²) < 4.78 is 28.6. The van der Waals surface area contributed by atoms with Crippen LogP contribution in [0.25, 0.3) is 0 Å². The third-order valence-electron chi connectivity index (χ3n) is 4.42. The Morgan fingerprint density at radius 1 is 1.07 bits per heavy atom. The number of carbonyl (C=O) groups is 3. The van der Waals surface area contributed by atoms with Crippen LogP contribution in [-0.2, 0) is 19.4 Å². The second-order valence-electron chi connectivity index (χ2n) is 6.46. The van der Waals surface area contributed by atoms with Gasteiger partial charge in [-0.05, 0) is 42.8 Å². The fraction of sp³-hybridized carbons (Fsp3) is 0.250. The summed E-state index contributed by atoms with van der Waals surface area (Å²) in [4.78, 5) is 37.8. The average molecular weight is 401 g/mol. The van der Waals surface area contributed by atoms with Crippen molar-refractivity contribution < 1.29 is 27.5 Å². The molecule has 0 radical (unpaired) electrons. The lowest BCUT2D eigenvalue weighted by molar-refractivity contribution is -0.117. The minimum absolute atomic E-state index is 0.0533. The number of benzene rings is 2. The number of nitrogens with zero attached hydrogens (tertiary/aromatic N) is 1. The SMILES string of the molecule is CS(=O)(=O)c1ccccc1C(=O)OCC(=O)c1ccc(N2CCCC2=O)cc1. The monoisotopic (exact) mass is 401 g/mol. The van der Waals surface area contributed by atoms with Crippen LogP contribution in [0.15, 0.2) is 53.4 Å². The highest BCUT2D eigenvalue weighted by Crippen LogP contribution is 2.22. The van der Waals surface area contributed by atoms with Gasteiger partial charge in [0.15, 0.2) is 22.2 Å². The first-order chi connectivity index (χ1) is 13.3. The van der Waals surface area contributed by atoms with Gasteiger partial charge in [-0.3, -0.25) is 9.59 Å². The zero-order chi connectivity index (χ0) is 20.3. The van der Waals surface area contributed by atoms with E-state index in [0.717, 1.165) is 18.4 Å². The number of rotatable bonds is 6. The Morgan fingerprint density at radius 3 is 2.36 bits per heavy atom. The van der Waals surface area contributed by atoms with Crippen molar-refractivity contribution in [2.45, 2.75) is 17.7 Å². The molecular weight excluding hydrogens is 382 g/mol. The van der Waals surface area contributed by atoms with E-state index in [1.165, 1.54) is 24.3 Å². The number of ether oxygens (including phenoxy) is 1. The standard InChI is InChI=1S/C20H19NO6S/c1-28(25,26)18-6-3-2-5-16(18)20(24)27-13-17(22)14-8-10-15(11-9-14)21-12-4-7-19(21)23/h2-3,5-6,8-11H,4,7,12-13H2,1H3. The van der Waals surface area contributed by atoms with Crippen LogP contribution in [0.4, 0.5) is 5.69 Å². The molecule has 0 aromatic heterocycles. The van der Waals surface area contributed by atoms with Crippen molar-refractivity contribution in [1.82, 2.24) is 0 Å². The second-order valence-corrected chi connectivity index (χ2v) is 8.45. The van der Waals surface area contributed by atoms with Crippen LogP contribution < -0.4 is 4.90 Å². The summed E-state index contributed by atoms with van der Waals surface area (Å²) in [6.07, 6.45) is 2.33. The summed E-state index contributed by atoms with van der Waals surface area (Å²) >= 11 is 0. The summed E-state index contributed by atoms with van der Waals surface area (Å²) in [6.45, 7) is 0.141. The topological polar surface area (TPSA) is 97.8 Å². The van der Waals surface area contributed by atoms with Crippen LogP contribution in [0, 0.1) is 0 Å². The molecule has 7 nitrogen and oxygen atoms in total. The van der Waals surface area contributed by atoms with E-state index in [-0.39, 0.29) is 16.4 Å². The van der Waals surface area contributed by atoms with Gasteiger partial charge in [0, 0.05) is 30.5 Å². The zero-order valence-electron chi connectivity index (χ0n) is 15.3. The van der Waals surface area contributed by atoms with Gasteiger partial charge in [0.1, 0.15) is 0 Å². The Bertz CT molecular complexity index is 1030. The number of carbonyl (C=O) groups excluding carboxylic acids is 3. The zero-order valence-corrected chi connectivity index (χ0v) is 16.1. The number of Topliss-reactive ketones (excluding diaryl/α,β-unsaturated/α-hetero) is 1. The fourth-order valence-electron chi connectivity index (χ4n) is 3.00. The van der Waals surface area contributed by atoms with Crippen LogP contribution >= 0.6 is 0 Å². The average Bonchev–Trinajstić information content (AvgIpc) is 3.11. The second kappa shape index (κ2) is 7.93. The van der Waals surface area contributed by atoms with Crippen LogP contribution in [-0.4, -0.2) is 45.5 Å². The highest BCUT2D eigenvalue weighted by atomic mass is 32.2. The van der Waals surface area contributed by atoms with Gasteiger partial charge < -0.3 is 9.64 Å². The third kappa shape index (κ3) is 4.28. The molecule has 0 unspecified atom stereocenters. The number of amides is 1. The first-order valence-electron chi connectivity index (χ1n) is 8.67. The number of ketones is 1. The maximum absolute atomic E-state index is 12.3. The lowest BCUT2D eigenvalue weighted by Crippen LogP contribution is -2.23. The van der Waals surface area contributed by atoms with Crippen molar-refractivity contribution in [2.75, 3.05) is 24.3 Å². The molecule has 0 aliphatic carbocycles. The molecule has 1 fully saturated rings. The summed E-state index contributed by atoms with van der Waals surface area (Å²) in [5.74, 6) is -1.25. The minimum atomic E-state index is -3.60. The molecule has 0 saturated carbocycles. The molecule has 1 aliphatic heterocycles. The van der Waals surface area contributed by atoms with E-state index in [4.69, 9.17) is 4.74 Å². The van der Waals surface area contributed by atoms with Crippen molar-refractivity contribution in [1.29, 1.82) is 0 Å². The molecule has 0 spiro atoms. The van der Waals surface area contributed by atoms with Crippen molar-refractivity contribution in [3.63, 3.8) is 0 Å². The molecule has 2 aromatic rings. The maximum atomic E-state index is 12.3. The smallest absolute Gasteiger partial charge is 0.339 e. The van der Waals surface area contributed by atoms with E-state index in [0.29, 0.717) is 18.5 Å². The summed E-state index contributed by atoms with van der Waals surface area (Å²) in [6, 6.07) is 12.2. The van der Waals surface area contributed by atoms with Crippen LogP contribution in [0.3, 0.4) is 0 Å². The molecular formula is C20H19NO6S. The Balaban J connectivity index is 1.66. The van der Waals surface area contributed by atoms with Gasteiger partial charge in [-0.1, -0.05) is 12.1 Å². The van der Waals surface area contributed by atoms with E-state index in [9.17, 15) is 22.8 Å². The molecule has 1 aliphatic rings. The first kappa shape index (κ1) is 19.8. The Hall–Kier alpha value is -3.00. The van der Waals surface area contributed by atoms with Gasteiger partial charge in [-0.2, -0.15) is 0 Å². The van der Waals surface area contributed by atoms with Gasteiger partial charge in [-0.25, -0.2) is 13.2 Å². The molecule has 146 valence electrons. The summed E-state index contributed by atoms with van der Waals surface area (Å²) in [5.41, 5.74) is 0.943. The lowest BCUT2D eigenvalue weighted by Gasteiger charge is -2.15. The molecule has 0 N–H and O–H groups in total. The van der Waals surface area contributed by atoms with Crippen molar-refractivity contribution >= 4 is 33.2 Å². The number of esters is 1. The predicted molar refractivity (Wildman–Crippen MR) is 102 cm³/mol. The largest absolute Gasteiger partial charge is 0.454 e. The van der Waals surface area contributed by atoms with Gasteiger partial charge in [0.05, 0.1) is 10.5 Å². The van der Waals surface area contributed by atoms with E-state index in [1.54, 1.807) is 29.2 Å². The molecule has 0 atom stereocenters. The number of hydrogen-bond donors (Lipinski definition) is 0. The summed E-state index contributed by atoms with van der Waals surface area (Å²) in [7, 11) is -3.60. The van der Waals surface area contributed by atoms with Crippen molar-refractivity contribution in [3.8, 4) is 0 Å². The van der Waals surface area contributed by atoms with E-state index in [1.807, 2.05) is 0 Å². The molecule has 3 rings (SSSR count). The molecule has 28 heavy (non-hydrogen) atoms. The van der Waals surface area contributed by atoms with E-state index >= 15 is 0 Å². The van der Waals surface area contributed by atoms with Crippen LogP contribution in [0.5, 0.6) is 0 Å². The quantitative estimate of drug-likeness (QED) is 0.544. The maximum Gasteiger partial charge on any atom is 0.339 e. The number of anilines is 1. The Morgan fingerprint density at radius 2 is 1.75 bits per heavy atom. The minimum Gasteiger partial charge on any atom is -0.454 e. The van der Waals surface area contributed by atoms with Crippen LogP contribution in [0.1, 0.15) is 33.6 Å². The van der Waals surface area contributed by atoms with Gasteiger partial charge in [0.2, 0.25) is 5.91 Å². The Kier molecular flexibility index (Phi) is 5.60. The van der Waals surface area contributed by atoms with Gasteiger partial charge in [-0.15, -0.1) is 0 Å². The fourth-order valence-corrected chi connectivity index (χ4v) is 3.88. The van der Waals surface area contributed by atoms with E-state index in [2.05, 4.69) is 0 Å². The van der Waals surface area contributed by atoms with Crippen LogP contribution in [0.2, 0.25) is 0 Å². The predicted octanol–water partition coefficient (Wildman–Crippen LogP) is 2.26. The Labute approximate surface area is 162 Å². The third-order valence-corrected chi connectivity index (χ3v) is 5.57. The first-order valence-corrected chi connectivity index (χ1v) is 10.6. The summed E-state index contributed by atoms with van der Waals surface area (Å²) in [5, 5.41) is 0. The highest BCUT2D eigenvalue weighted by Gasteiger charge is 2.22. The van der Waals surface area contributed by atoms with E-state index < -0.39 is 28.2 Å². The highest BCUT2D eigenvalue weighted by molar-refractivity contribution is 7.90. The molecule has 2 aromatic carbocycles. The normalized spacial score (nSPS) is 14.2.